The van der Waals surface area contributed by atoms with Crippen LogP contribution in [0.25, 0.3) is 0 Å². The number of amides is 2. The maximum Gasteiger partial charge on any atom is 0.311 e. The van der Waals surface area contributed by atoms with E-state index in [2.05, 4.69) is 5.32 Å². The molecule has 1 aliphatic rings. The van der Waals surface area contributed by atoms with Gasteiger partial charge >= 0.3 is 11.8 Å². The Hall–Kier alpha value is -1.10. The summed E-state index contributed by atoms with van der Waals surface area (Å²) in [5.41, 5.74) is 5.58. The first-order chi connectivity index (χ1) is 5.65. The fourth-order valence-corrected chi connectivity index (χ4v) is 1.22. The summed E-state index contributed by atoms with van der Waals surface area (Å²) in [6, 6.07) is 0.0265. The zero-order chi connectivity index (χ0) is 9.14. The molecule has 2 amide bonds. The summed E-state index contributed by atoms with van der Waals surface area (Å²) in [4.78, 5) is 23.5. The van der Waals surface area contributed by atoms with Gasteiger partial charge in [-0.3, -0.25) is 9.59 Å². The average Bonchev–Trinajstić information content (AvgIpc) is 2.49. The van der Waals surface area contributed by atoms with Crippen molar-refractivity contribution in [3.63, 3.8) is 0 Å². The first-order valence-corrected chi connectivity index (χ1v) is 3.91. The van der Waals surface area contributed by atoms with Gasteiger partial charge in [0.25, 0.3) is 0 Å². The first-order valence-electron chi connectivity index (χ1n) is 3.91. The lowest BCUT2D eigenvalue weighted by atomic mass is 10.3. The molecule has 0 radical (unpaired) electrons. The van der Waals surface area contributed by atoms with Gasteiger partial charge in [0.05, 0.1) is 0 Å². The molecular weight excluding hydrogens is 158 g/mol. The average molecular weight is 171 g/mol. The molecule has 1 rings (SSSR count). The second-order valence-corrected chi connectivity index (χ2v) is 2.88. The Balaban J connectivity index is 2.48. The number of nitrogens with two attached hydrogens (primary N) is 1. The smallest absolute Gasteiger partial charge is 0.311 e. The largest absolute Gasteiger partial charge is 0.351 e. The molecule has 0 spiro atoms. The molecule has 3 N–H and O–H groups in total. The van der Waals surface area contributed by atoms with Gasteiger partial charge in [-0.15, -0.1) is 0 Å². The van der Waals surface area contributed by atoms with E-state index in [1.165, 1.54) is 11.9 Å². The van der Waals surface area contributed by atoms with Crippen LogP contribution in [0.3, 0.4) is 0 Å². The molecule has 1 aliphatic heterocycles. The molecule has 0 aromatic rings. The van der Waals surface area contributed by atoms with Crippen molar-refractivity contribution in [1.82, 2.24) is 10.2 Å². The summed E-state index contributed by atoms with van der Waals surface area (Å²) >= 11 is 0. The third kappa shape index (κ3) is 1.73. The maximum absolute atomic E-state index is 11.2. The van der Waals surface area contributed by atoms with Crippen molar-refractivity contribution in [2.75, 3.05) is 20.1 Å². The van der Waals surface area contributed by atoms with Gasteiger partial charge in [-0.1, -0.05) is 0 Å². The molecule has 0 aromatic carbocycles. The normalized spacial score (nSPS) is 22.5. The van der Waals surface area contributed by atoms with Crippen molar-refractivity contribution >= 4 is 11.8 Å². The summed E-state index contributed by atoms with van der Waals surface area (Å²) in [7, 11) is 1.44. The molecule has 68 valence electrons. The number of nitrogens with zero attached hydrogens (tertiary/aromatic N) is 1. The van der Waals surface area contributed by atoms with E-state index in [1.54, 1.807) is 0 Å². The molecule has 1 atom stereocenters. The van der Waals surface area contributed by atoms with Gasteiger partial charge in [0.1, 0.15) is 0 Å². The van der Waals surface area contributed by atoms with E-state index in [4.69, 9.17) is 5.73 Å². The van der Waals surface area contributed by atoms with Crippen LogP contribution in [0, 0.1) is 0 Å². The van der Waals surface area contributed by atoms with Crippen LogP contribution in [-0.2, 0) is 9.59 Å². The molecule has 0 unspecified atom stereocenters. The van der Waals surface area contributed by atoms with Gasteiger partial charge in [0, 0.05) is 26.2 Å². The number of carbonyl (C=O) groups is 2. The van der Waals surface area contributed by atoms with Crippen LogP contribution >= 0.6 is 0 Å². The van der Waals surface area contributed by atoms with E-state index in [-0.39, 0.29) is 6.04 Å². The maximum atomic E-state index is 11.2. The zero-order valence-electron chi connectivity index (χ0n) is 7.04. The highest BCUT2D eigenvalue weighted by Gasteiger charge is 2.27. The molecule has 1 fully saturated rings. The van der Waals surface area contributed by atoms with E-state index in [0.717, 1.165) is 6.42 Å². The zero-order valence-corrected chi connectivity index (χ0v) is 7.04. The minimum absolute atomic E-state index is 0.0265. The highest BCUT2D eigenvalue weighted by molar-refractivity contribution is 6.34. The van der Waals surface area contributed by atoms with Gasteiger partial charge < -0.3 is 16.0 Å². The Morgan fingerprint density at radius 3 is 2.67 bits per heavy atom. The van der Waals surface area contributed by atoms with Crippen molar-refractivity contribution in [2.24, 2.45) is 5.73 Å². The van der Waals surface area contributed by atoms with Crippen LogP contribution in [0.5, 0.6) is 0 Å². The van der Waals surface area contributed by atoms with E-state index >= 15 is 0 Å². The second-order valence-electron chi connectivity index (χ2n) is 2.88. The van der Waals surface area contributed by atoms with Crippen molar-refractivity contribution in [1.29, 1.82) is 0 Å². The van der Waals surface area contributed by atoms with Crippen molar-refractivity contribution in [2.45, 2.75) is 12.5 Å². The van der Waals surface area contributed by atoms with Gasteiger partial charge in [-0.05, 0) is 6.42 Å². The second kappa shape index (κ2) is 3.53. The van der Waals surface area contributed by atoms with Crippen LogP contribution < -0.4 is 11.1 Å². The fraction of sp³-hybridized carbons (Fsp3) is 0.714. The third-order valence-electron chi connectivity index (χ3n) is 1.93. The third-order valence-corrected chi connectivity index (χ3v) is 1.93. The lowest BCUT2D eigenvalue weighted by Crippen LogP contribution is -2.41. The number of carbonyl (C=O) groups excluding carboxylic acids is 2. The predicted molar refractivity (Wildman–Crippen MR) is 43.2 cm³/mol. The summed E-state index contributed by atoms with van der Waals surface area (Å²) in [6.07, 6.45) is 0.780. The molecule has 12 heavy (non-hydrogen) atoms. The Kier molecular flexibility index (Phi) is 2.65. The lowest BCUT2D eigenvalue weighted by molar-refractivity contribution is -0.144. The number of likely N-dealkylation sites (N-methyl/N-ethyl adjacent to an activating group) is 1. The molecule has 1 heterocycles. The van der Waals surface area contributed by atoms with Crippen LogP contribution in [0.15, 0.2) is 0 Å². The number of likely N-dealkylation sites (tertiary alicyclic amines) is 1. The molecule has 0 bridgehead atoms. The number of hydrogen-bond acceptors (Lipinski definition) is 3. The number of hydrogen-bond donors (Lipinski definition) is 2. The van der Waals surface area contributed by atoms with E-state index in [1.807, 2.05) is 0 Å². The number of rotatable bonds is 0. The molecule has 0 aromatic heterocycles. The Labute approximate surface area is 70.9 Å². The topological polar surface area (TPSA) is 75.4 Å². The summed E-state index contributed by atoms with van der Waals surface area (Å²) in [5.74, 6) is -1.05. The fourth-order valence-electron chi connectivity index (χ4n) is 1.22. The first kappa shape index (κ1) is 8.99. The molecule has 5 nitrogen and oxygen atoms in total. The Bertz CT molecular complexity index is 205. The van der Waals surface area contributed by atoms with Crippen molar-refractivity contribution < 1.29 is 9.59 Å². The van der Waals surface area contributed by atoms with Crippen LogP contribution in [0.2, 0.25) is 0 Å². The monoisotopic (exact) mass is 171 g/mol. The van der Waals surface area contributed by atoms with Gasteiger partial charge in [0.2, 0.25) is 0 Å². The predicted octanol–water partition coefficient (Wildman–Crippen LogP) is -1.71. The lowest BCUT2D eigenvalue weighted by Gasteiger charge is -2.13. The van der Waals surface area contributed by atoms with E-state index in [0.29, 0.717) is 13.1 Å². The standard InChI is InChI=1S/C7H13N3O2/c1-9-6(11)7(12)10-3-2-5(8)4-10/h5H,2-4,8H2,1H3,(H,9,11)/t5-/m1/s1. The van der Waals surface area contributed by atoms with E-state index < -0.39 is 11.8 Å². The number of nitrogens with one attached hydrogen (secondary N) is 1. The van der Waals surface area contributed by atoms with Crippen molar-refractivity contribution in [3.8, 4) is 0 Å². The quantitative estimate of drug-likeness (QED) is 0.426. The minimum Gasteiger partial charge on any atom is -0.351 e. The summed E-state index contributed by atoms with van der Waals surface area (Å²) < 4.78 is 0. The molecule has 5 heteroatoms. The molecule has 0 saturated carbocycles. The van der Waals surface area contributed by atoms with E-state index in [9.17, 15) is 9.59 Å². The van der Waals surface area contributed by atoms with Crippen LogP contribution in [0.1, 0.15) is 6.42 Å². The molecule has 0 aliphatic carbocycles. The van der Waals surface area contributed by atoms with Gasteiger partial charge in [-0.2, -0.15) is 0 Å². The minimum atomic E-state index is -0.566. The Morgan fingerprint density at radius 1 is 1.58 bits per heavy atom. The van der Waals surface area contributed by atoms with Crippen LogP contribution in [0.4, 0.5) is 0 Å². The molecule has 1 saturated heterocycles. The van der Waals surface area contributed by atoms with Gasteiger partial charge in [-0.25, -0.2) is 0 Å². The highest BCUT2D eigenvalue weighted by atomic mass is 16.2. The molecular formula is C7H13N3O2. The Morgan fingerprint density at radius 2 is 2.25 bits per heavy atom. The highest BCUT2D eigenvalue weighted by Crippen LogP contribution is 2.06. The van der Waals surface area contributed by atoms with Crippen molar-refractivity contribution in [3.05, 3.63) is 0 Å². The SMILES string of the molecule is CNC(=O)C(=O)N1CC[C@@H](N)C1. The summed E-state index contributed by atoms with van der Waals surface area (Å²) in [5, 5.41) is 2.29. The van der Waals surface area contributed by atoms with Gasteiger partial charge in [0.15, 0.2) is 0 Å². The summed E-state index contributed by atoms with van der Waals surface area (Å²) in [6.45, 7) is 1.08. The van der Waals surface area contributed by atoms with Crippen LogP contribution in [-0.4, -0.2) is 42.9 Å².